The second kappa shape index (κ2) is 6.36. The molecule has 0 bridgehead atoms. The standard InChI is InChI=1S/C14H15ClN4O/c1-19(9-10-4-2-3-5-12(10)15)14(20)11-6-7-17-8-13(11)18-16/h2-8,18H,9,16H2,1H3. The van der Waals surface area contributed by atoms with E-state index in [1.807, 2.05) is 18.2 Å². The zero-order valence-corrected chi connectivity index (χ0v) is 11.8. The van der Waals surface area contributed by atoms with Crippen LogP contribution in [0.1, 0.15) is 15.9 Å². The molecule has 2 aromatic rings. The summed E-state index contributed by atoms with van der Waals surface area (Å²) in [4.78, 5) is 17.9. The van der Waals surface area contributed by atoms with Crippen molar-refractivity contribution in [2.75, 3.05) is 12.5 Å². The third kappa shape index (κ3) is 3.07. The van der Waals surface area contributed by atoms with Crippen molar-refractivity contribution >= 4 is 23.2 Å². The van der Waals surface area contributed by atoms with Gasteiger partial charge in [-0.25, -0.2) is 0 Å². The number of anilines is 1. The van der Waals surface area contributed by atoms with Gasteiger partial charge in [0.1, 0.15) is 0 Å². The van der Waals surface area contributed by atoms with Crippen molar-refractivity contribution in [3.8, 4) is 0 Å². The van der Waals surface area contributed by atoms with Gasteiger partial charge in [-0.1, -0.05) is 29.8 Å². The van der Waals surface area contributed by atoms with E-state index >= 15 is 0 Å². The van der Waals surface area contributed by atoms with Gasteiger partial charge in [-0.05, 0) is 17.7 Å². The van der Waals surface area contributed by atoms with Gasteiger partial charge in [0.05, 0.1) is 17.4 Å². The number of aromatic nitrogens is 1. The first-order valence-electron chi connectivity index (χ1n) is 6.03. The fourth-order valence-electron chi connectivity index (χ4n) is 1.86. The number of rotatable bonds is 4. The highest BCUT2D eigenvalue weighted by atomic mass is 35.5. The number of halogens is 1. The minimum absolute atomic E-state index is 0.153. The Morgan fingerprint density at radius 1 is 1.40 bits per heavy atom. The topological polar surface area (TPSA) is 71.2 Å². The van der Waals surface area contributed by atoms with E-state index in [1.165, 1.54) is 6.20 Å². The number of amides is 1. The molecule has 0 aliphatic heterocycles. The van der Waals surface area contributed by atoms with E-state index in [0.29, 0.717) is 22.8 Å². The molecule has 6 heteroatoms. The lowest BCUT2D eigenvalue weighted by Crippen LogP contribution is -2.27. The molecule has 0 unspecified atom stereocenters. The van der Waals surface area contributed by atoms with Crippen LogP contribution in [0.5, 0.6) is 0 Å². The number of carbonyl (C=O) groups excluding carboxylic acids is 1. The number of hydrogen-bond acceptors (Lipinski definition) is 4. The van der Waals surface area contributed by atoms with Crippen LogP contribution in [0.4, 0.5) is 5.69 Å². The number of nitrogen functional groups attached to an aromatic ring is 1. The Bertz CT molecular complexity index is 618. The number of pyridine rings is 1. The summed E-state index contributed by atoms with van der Waals surface area (Å²) in [6, 6.07) is 9.06. The van der Waals surface area contributed by atoms with Gasteiger partial charge in [0.15, 0.2) is 0 Å². The number of hydrogen-bond donors (Lipinski definition) is 2. The summed E-state index contributed by atoms with van der Waals surface area (Å²) >= 11 is 6.10. The van der Waals surface area contributed by atoms with Gasteiger partial charge in [0.2, 0.25) is 0 Å². The van der Waals surface area contributed by atoms with Crippen LogP contribution in [0, 0.1) is 0 Å². The van der Waals surface area contributed by atoms with E-state index in [0.717, 1.165) is 5.56 Å². The maximum Gasteiger partial charge on any atom is 0.256 e. The summed E-state index contributed by atoms with van der Waals surface area (Å²) in [5.74, 6) is 5.23. The molecule has 3 N–H and O–H groups in total. The Kier molecular flexibility index (Phi) is 4.55. The number of nitrogens with zero attached hydrogens (tertiary/aromatic N) is 2. The lowest BCUT2D eigenvalue weighted by atomic mass is 10.1. The van der Waals surface area contributed by atoms with Crippen LogP contribution in [0.25, 0.3) is 0 Å². The smallest absolute Gasteiger partial charge is 0.256 e. The van der Waals surface area contributed by atoms with E-state index in [4.69, 9.17) is 17.4 Å². The molecule has 0 aliphatic carbocycles. The SMILES string of the molecule is CN(Cc1ccccc1Cl)C(=O)c1ccncc1NN. The van der Waals surface area contributed by atoms with E-state index in [2.05, 4.69) is 10.4 Å². The first kappa shape index (κ1) is 14.3. The lowest BCUT2D eigenvalue weighted by Gasteiger charge is -2.19. The molecule has 1 aromatic heterocycles. The fourth-order valence-corrected chi connectivity index (χ4v) is 2.05. The molecule has 0 atom stereocenters. The summed E-state index contributed by atoms with van der Waals surface area (Å²) < 4.78 is 0. The van der Waals surface area contributed by atoms with Crippen LogP contribution in [-0.4, -0.2) is 22.8 Å². The molecule has 5 nitrogen and oxygen atoms in total. The minimum Gasteiger partial charge on any atom is -0.337 e. The molecule has 0 fully saturated rings. The largest absolute Gasteiger partial charge is 0.337 e. The summed E-state index contributed by atoms with van der Waals surface area (Å²) in [5, 5.41) is 0.638. The van der Waals surface area contributed by atoms with Crippen molar-refractivity contribution < 1.29 is 4.79 Å². The Balaban J connectivity index is 2.19. The molecular weight excluding hydrogens is 276 g/mol. The van der Waals surface area contributed by atoms with E-state index in [1.54, 1.807) is 30.3 Å². The molecule has 104 valence electrons. The predicted octanol–water partition coefficient (Wildman–Crippen LogP) is 2.29. The van der Waals surface area contributed by atoms with Crippen molar-refractivity contribution in [1.29, 1.82) is 0 Å². The quantitative estimate of drug-likeness (QED) is 0.669. The number of benzene rings is 1. The Hall–Kier alpha value is -2.11. The molecule has 0 radical (unpaired) electrons. The molecule has 0 saturated heterocycles. The molecule has 1 heterocycles. The zero-order valence-electron chi connectivity index (χ0n) is 11.0. The van der Waals surface area contributed by atoms with E-state index in [9.17, 15) is 4.79 Å². The van der Waals surface area contributed by atoms with Crippen molar-refractivity contribution in [2.45, 2.75) is 6.54 Å². The molecule has 0 saturated carbocycles. The highest BCUT2D eigenvalue weighted by Crippen LogP contribution is 2.19. The average Bonchev–Trinajstić information content (AvgIpc) is 2.48. The van der Waals surface area contributed by atoms with Gasteiger partial charge < -0.3 is 10.3 Å². The average molecular weight is 291 g/mol. The minimum atomic E-state index is -0.153. The van der Waals surface area contributed by atoms with Crippen molar-refractivity contribution in [1.82, 2.24) is 9.88 Å². The van der Waals surface area contributed by atoms with E-state index < -0.39 is 0 Å². The van der Waals surface area contributed by atoms with Crippen LogP contribution in [0.15, 0.2) is 42.7 Å². The fraction of sp³-hybridized carbons (Fsp3) is 0.143. The molecular formula is C14H15ClN4O. The van der Waals surface area contributed by atoms with Crippen LogP contribution < -0.4 is 11.3 Å². The van der Waals surface area contributed by atoms with Crippen molar-refractivity contribution in [3.63, 3.8) is 0 Å². The van der Waals surface area contributed by atoms with E-state index in [-0.39, 0.29) is 5.91 Å². The zero-order chi connectivity index (χ0) is 14.5. The third-order valence-corrected chi connectivity index (χ3v) is 3.29. The number of nitrogens with one attached hydrogen (secondary N) is 1. The molecule has 0 spiro atoms. The number of hydrazine groups is 1. The monoisotopic (exact) mass is 290 g/mol. The van der Waals surface area contributed by atoms with Crippen molar-refractivity contribution in [2.24, 2.45) is 5.84 Å². The van der Waals surface area contributed by atoms with Gasteiger partial charge in [-0.2, -0.15) is 0 Å². The number of carbonyl (C=O) groups is 1. The maximum atomic E-state index is 12.4. The Morgan fingerprint density at radius 3 is 2.85 bits per heavy atom. The van der Waals surface area contributed by atoms with Gasteiger partial charge in [-0.3, -0.25) is 15.6 Å². The normalized spacial score (nSPS) is 10.2. The first-order valence-corrected chi connectivity index (χ1v) is 6.40. The van der Waals surface area contributed by atoms with Crippen LogP contribution >= 0.6 is 11.6 Å². The molecule has 1 amide bonds. The summed E-state index contributed by atoms with van der Waals surface area (Å²) in [6.07, 6.45) is 3.06. The molecule has 20 heavy (non-hydrogen) atoms. The summed E-state index contributed by atoms with van der Waals surface area (Å²) in [6.45, 7) is 0.421. The van der Waals surface area contributed by atoms with Gasteiger partial charge in [-0.15, -0.1) is 0 Å². The molecule has 2 rings (SSSR count). The highest BCUT2D eigenvalue weighted by Gasteiger charge is 2.16. The molecule has 0 aliphatic rings. The van der Waals surface area contributed by atoms with Crippen LogP contribution in [0.3, 0.4) is 0 Å². The van der Waals surface area contributed by atoms with Gasteiger partial charge in [0, 0.05) is 24.8 Å². The summed E-state index contributed by atoms with van der Waals surface area (Å²) in [5.41, 5.74) is 4.32. The Morgan fingerprint density at radius 2 is 2.15 bits per heavy atom. The van der Waals surface area contributed by atoms with Gasteiger partial charge >= 0.3 is 0 Å². The predicted molar refractivity (Wildman–Crippen MR) is 79.3 cm³/mol. The second-order valence-electron chi connectivity index (χ2n) is 4.32. The Labute approximate surface area is 122 Å². The van der Waals surface area contributed by atoms with Crippen LogP contribution in [-0.2, 0) is 6.54 Å². The third-order valence-electron chi connectivity index (χ3n) is 2.92. The first-order chi connectivity index (χ1) is 9.63. The maximum absolute atomic E-state index is 12.4. The molecule has 1 aromatic carbocycles. The summed E-state index contributed by atoms with van der Waals surface area (Å²) in [7, 11) is 1.71. The van der Waals surface area contributed by atoms with Crippen molar-refractivity contribution in [3.05, 3.63) is 58.9 Å². The second-order valence-corrected chi connectivity index (χ2v) is 4.73. The van der Waals surface area contributed by atoms with Crippen LogP contribution in [0.2, 0.25) is 5.02 Å². The number of nitrogens with two attached hydrogens (primary N) is 1. The van der Waals surface area contributed by atoms with Gasteiger partial charge in [0.25, 0.3) is 5.91 Å². The highest BCUT2D eigenvalue weighted by molar-refractivity contribution is 6.31. The lowest BCUT2D eigenvalue weighted by molar-refractivity contribution is 0.0786.